The van der Waals surface area contributed by atoms with Gasteiger partial charge in [0.05, 0.1) is 6.10 Å². The van der Waals surface area contributed by atoms with Crippen molar-refractivity contribution in [2.75, 3.05) is 0 Å². The number of aliphatic hydroxyl groups is 1. The van der Waals surface area contributed by atoms with Crippen LogP contribution in [0.25, 0.3) is 0 Å². The van der Waals surface area contributed by atoms with E-state index in [0.717, 1.165) is 38.0 Å². The summed E-state index contributed by atoms with van der Waals surface area (Å²) < 4.78 is 0. The van der Waals surface area contributed by atoms with Crippen LogP contribution in [-0.4, -0.2) is 23.2 Å². The highest BCUT2D eigenvalue weighted by Gasteiger charge is 2.22. The van der Waals surface area contributed by atoms with Crippen molar-refractivity contribution in [3.8, 4) is 0 Å². The zero-order valence-corrected chi connectivity index (χ0v) is 9.95. The lowest BCUT2D eigenvalue weighted by atomic mass is 9.82. The van der Waals surface area contributed by atoms with E-state index in [1.54, 1.807) is 0 Å². The lowest BCUT2D eigenvalue weighted by Gasteiger charge is -2.27. The van der Waals surface area contributed by atoms with Gasteiger partial charge in [-0.25, -0.2) is 0 Å². The third kappa shape index (κ3) is 3.48. The van der Waals surface area contributed by atoms with E-state index in [2.05, 4.69) is 5.32 Å². The van der Waals surface area contributed by atoms with Crippen molar-refractivity contribution in [2.24, 2.45) is 5.92 Å². The van der Waals surface area contributed by atoms with Crippen LogP contribution < -0.4 is 5.32 Å². The minimum Gasteiger partial charge on any atom is -0.393 e. The molecule has 1 amide bonds. The van der Waals surface area contributed by atoms with Gasteiger partial charge in [0.15, 0.2) is 0 Å². The van der Waals surface area contributed by atoms with E-state index in [1.807, 2.05) is 0 Å². The SMILES string of the molecule is O=C(CCC1CCC1)NC1CCC(O)CC1. The molecule has 0 aromatic rings. The lowest BCUT2D eigenvalue weighted by Crippen LogP contribution is -2.38. The summed E-state index contributed by atoms with van der Waals surface area (Å²) in [4.78, 5) is 11.7. The first-order valence-corrected chi connectivity index (χ1v) is 6.71. The summed E-state index contributed by atoms with van der Waals surface area (Å²) >= 11 is 0. The zero-order valence-electron chi connectivity index (χ0n) is 9.95. The summed E-state index contributed by atoms with van der Waals surface area (Å²) in [7, 11) is 0. The highest BCUT2D eigenvalue weighted by Crippen LogP contribution is 2.30. The van der Waals surface area contributed by atoms with Gasteiger partial charge in [0.1, 0.15) is 0 Å². The van der Waals surface area contributed by atoms with Crippen molar-refractivity contribution in [1.29, 1.82) is 0 Å². The topological polar surface area (TPSA) is 49.3 Å². The Morgan fingerprint density at radius 1 is 1.12 bits per heavy atom. The van der Waals surface area contributed by atoms with E-state index in [9.17, 15) is 9.90 Å². The average Bonchev–Trinajstić information content (AvgIpc) is 2.19. The fourth-order valence-electron chi connectivity index (χ4n) is 2.64. The van der Waals surface area contributed by atoms with Crippen LogP contribution in [0.2, 0.25) is 0 Å². The maximum atomic E-state index is 11.7. The van der Waals surface area contributed by atoms with Gasteiger partial charge in [-0.05, 0) is 38.0 Å². The molecule has 0 aromatic heterocycles. The zero-order chi connectivity index (χ0) is 11.4. The molecular formula is C13H23NO2. The Balaban J connectivity index is 1.58. The molecule has 0 radical (unpaired) electrons. The molecule has 0 unspecified atom stereocenters. The Hall–Kier alpha value is -0.570. The van der Waals surface area contributed by atoms with E-state index in [1.165, 1.54) is 19.3 Å². The summed E-state index contributed by atoms with van der Waals surface area (Å²) in [5, 5.41) is 12.5. The molecule has 2 fully saturated rings. The van der Waals surface area contributed by atoms with Crippen molar-refractivity contribution in [3.63, 3.8) is 0 Å². The molecular weight excluding hydrogens is 202 g/mol. The second-order valence-electron chi connectivity index (χ2n) is 5.41. The first kappa shape index (κ1) is 11.9. The summed E-state index contributed by atoms with van der Waals surface area (Å²) in [6, 6.07) is 0.317. The number of carbonyl (C=O) groups excluding carboxylic acids is 1. The maximum Gasteiger partial charge on any atom is 0.220 e. The van der Waals surface area contributed by atoms with Crippen LogP contribution in [0, 0.1) is 5.92 Å². The molecule has 0 saturated heterocycles. The number of hydrogen-bond donors (Lipinski definition) is 2. The first-order valence-electron chi connectivity index (χ1n) is 6.71. The number of aliphatic hydroxyl groups excluding tert-OH is 1. The van der Waals surface area contributed by atoms with Crippen molar-refractivity contribution < 1.29 is 9.90 Å². The fraction of sp³-hybridized carbons (Fsp3) is 0.923. The molecule has 0 aliphatic heterocycles. The van der Waals surface area contributed by atoms with Crippen molar-refractivity contribution >= 4 is 5.91 Å². The number of carbonyl (C=O) groups is 1. The van der Waals surface area contributed by atoms with Gasteiger partial charge in [-0.2, -0.15) is 0 Å². The van der Waals surface area contributed by atoms with Gasteiger partial charge in [-0.1, -0.05) is 19.3 Å². The Kier molecular flexibility index (Phi) is 4.22. The number of nitrogens with one attached hydrogen (secondary N) is 1. The predicted molar refractivity (Wildman–Crippen MR) is 63.0 cm³/mol. The second kappa shape index (κ2) is 5.67. The molecule has 0 heterocycles. The highest BCUT2D eigenvalue weighted by atomic mass is 16.3. The molecule has 0 atom stereocenters. The molecule has 3 nitrogen and oxygen atoms in total. The minimum absolute atomic E-state index is 0.136. The van der Waals surface area contributed by atoms with Crippen LogP contribution in [0.1, 0.15) is 57.8 Å². The summed E-state index contributed by atoms with van der Waals surface area (Å²) in [5.74, 6) is 1.03. The largest absolute Gasteiger partial charge is 0.393 e. The van der Waals surface area contributed by atoms with Crippen molar-refractivity contribution in [2.45, 2.75) is 69.9 Å². The van der Waals surface area contributed by atoms with Crippen LogP contribution in [0.4, 0.5) is 0 Å². The van der Waals surface area contributed by atoms with E-state index in [4.69, 9.17) is 0 Å². The average molecular weight is 225 g/mol. The first-order chi connectivity index (χ1) is 7.74. The monoisotopic (exact) mass is 225 g/mol. The van der Waals surface area contributed by atoms with E-state index in [0.29, 0.717) is 12.5 Å². The van der Waals surface area contributed by atoms with Gasteiger partial charge in [0, 0.05) is 12.5 Å². The normalized spacial score (nSPS) is 30.8. The molecule has 16 heavy (non-hydrogen) atoms. The highest BCUT2D eigenvalue weighted by molar-refractivity contribution is 5.76. The molecule has 2 aliphatic rings. The Morgan fingerprint density at radius 3 is 2.38 bits per heavy atom. The predicted octanol–water partition coefficient (Wildman–Crippen LogP) is 1.99. The summed E-state index contributed by atoms with van der Waals surface area (Å²) in [6.07, 6.45) is 9.19. The second-order valence-corrected chi connectivity index (χ2v) is 5.41. The standard InChI is InChI=1S/C13H23NO2/c15-12-7-5-11(6-8-12)14-13(16)9-4-10-2-1-3-10/h10-12,15H,1-9H2,(H,14,16). The van der Waals surface area contributed by atoms with Crippen molar-refractivity contribution in [3.05, 3.63) is 0 Å². The molecule has 2 saturated carbocycles. The Bertz CT molecular complexity index is 230. The summed E-state index contributed by atoms with van der Waals surface area (Å²) in [5.41, 5.74) is 0. The Labute approximate surface area is 97.6 Å². The molecule has 0 aromatic carbocycles. The van der Waals surface area contributed by atoms with Gasteiger partial charge in [-0.3, -0.25) is 4.79 Å². The van der Waals surface area contributed by atoms with Gasteiger partial charge in [0.2, 0.25) is 5.91 Å². The maximum absolute atomic E-state index is 11.7. The molecule has 0 spiro atoms. The quantitative estimate of drug-likeness (QED) is 0.768. The minimum atomic E-state index is -0.136. The molecule has 92 valence electrons. The molecule has 2 aliphatic carbocycles. The van der Waals surface area contributed by atoms with E-state index < -0.39 is 0 Å². The molecule has 3 heteroatoms. The van der Waals surface area contributed by atoms with Crippen LogP contribution in [0.3, 0.4) is 0 Å². The number of amides is 1. The van der Waals surface area contributed by atoms with E-state index >= 15 is 0 Å². The number of rotatable bonds is 4. The van der Waals surface area contributed by atoms with Crippen LogP contribution in [0.5, 0.6) is 0 Å². The van der Waals surface area contributed by atoms with E-state index in [-0.39, 0.29) is 12.0 Å². The van der Waals surface area contributed by atoms with Crippen LogP contribution in [0.15, 0.2) is 0 Å². The van der Waals surface area contributed by atoms with Gasteiger partial charge in [-0.15, -0.1) is 0 Å². The Morgan fingerprint density at radius 2 is 1.81 bits per heavy atom. The fourth-order valence-corrected chi connectivity index (χ4v) is 2.64. The smallest absolute Gasteiger partial charge is 0.220 e. The van der Waals surface area contributed by atoms with Gasteiger partial charge in [0.25, 0.3) is 0 Å². The third-order valence-corrected chi connectivity index (χ3v) is 4.07. The molecule has 0 bridgehead atoms. The van der Waals surface area contributed by atoms with Crippen LogP contribution in [-0.2, 0) is 4.79 Å². The van der Waals surface area contributed by atoms with Crippen LogP contribution >= 0.6 is 0 Å². The lowest BCUT2D eigenvalue weighted by molar-refractivity contribution is -0.122. The molecule has 2 N–H and O–H groups in total. The number of hydrogen-bond acceptors (Lipinski definition) is 2. The third-order valence-electron chi connectivity index (χ3n) is 4.07. The summed E-state index contributed by atoms with van der Waals surface area (Å²) in [6.45, 7) is 0. The van der Waals surface area contributed by atoms with Gasteiger partial charge >= 0.3 is 0 Å². The molecule has 2 rings (SSSR count). The van der Waals surface area contributed by atoms with Crippen molar-refractivity contribution in [1.82, 2.24) is 5.32 Å². The van der Waals surface area contributed by atoms with Gasteiger partial charge < -0.3 is 10.4 Å².